The number of imidazole rings is 1. The van der Waals surface area contributed by atoms with Crippen molar-refractivity contribution in [2.75, 3.05) is 23.3 Å². The molecule has 2 aliphatic heterocycles. The van der Waals surface area contributed by atoms with Crippen molar-refractivity contribution in [1.82, 2.24) is 19.5 Å². The Kier molecular flexibility index (Phi) is 6.86. The Morgan fingerprint density at radius 3 is 2.48 bits per heavy atom. The average Bonchev–Trinajstić information content (AvgIpc) is 3.18. The molecule has 1 saturated heterocycles. The van der Waals surface area contributed by atoms with E-state index in [2.05, 4.69) is 44.7 Å². The number of piperidine rings is 1. The van der Waals surface area contributed by atoms with Crippen molar-refractivity contribution >= 4 is 35.0 Å². The summed E-state index contributed by atoms with van der Waals surface area (Å²) >= 11 is 0. The molecule has 174 valence electrons. The zero-order valence-electron chi connectivity index (χ0n) is 19.1. The van der Waals surface area contributed by atoms with Crippen LogP contribution in [-0.2, 0) is 22.6 Å². The number of aromatic nitrogens is 4. The number of rotatable bonds is 3. The van der Waals surface area contributed by atoms with Gasteiger partial charge in [0.25, 0.3) is 6.47 Å². The van der Waals surface area contributed by atoms with Crippen LogP contribution >= 0.6 is 0 Å². The topological polar surface area (TPSA) is 113 Å². The number of nitrogens with one attached hydrogen (secondary N) is 1. The second-order valence-electron chi connectivity index (χ2n) is 8.74. The molecule has 1 amide bonds. The van der Waals surface area contributed by atoms with Crippen LogP contribution in [0.1, 0.15) is 42.6 Å². The SMILES string of the molecule is Cc1cc(C)cc(NC(=O)C2CCN(c3ncnc4c3nc3n4CCCC3)CC2)c1.O=CO. The number of carbonyl (C=O) groups is 2. The second-order valence-corrected chi connectivity index (χ2v) is 8.74. The summed E-state index contributed by atoms with van der Waals surface area (Å²) in [6, 6.07) is 6.17. The maximum atomic E-state index is 12.8. The normalized spacial score (nSPS) is 16.0. The van der Waals surface area contributed by atoms with Gasteiger partial charge >= 0.3 is 0 Å². The fourth-order valence-corrected chi connectivity index (χ4v) is 4.82. The van der Waals surface area contributed by atoms with Crippen LogP contribution in [0.25, 0.3) is 11.2 Å². The summed E-state index contributed by atoms with van der Waals surface area (Å²) in [5.74, 6) is 2.18. The van der Waals surface area contributed by atoms with Crippen LogP contribution in [0.3, 0.4) is 0 Å². The molecule has 4 heterocycles. The van der Waals surface area contributed by atoms with Gasteiger partial charge in [-0.25, -0.2) is 15.0 Å². The van der Waals surface area contributed by atoms with E-state index in [1.807, 2.05) is 12.1 Å². The zero-order chi connectivity index (χ0) is 23.4. The third-order valence-electron chi connectivity index (χ3n) is 6.28. The highest BCUT2D eigenvalue weighted by Crippen LogP contribution is 2.30. The molecular formula is C24H30N6O3. The third kappa shape index (κ3) is 4.97. The summed E-state index contributed by atoms with van der Waals surface area (Å²) in [6.07, 6.45) is 6.66. The van der Waals surface area contributed by atoms with Crippen molar-refractivity contribution < 1.29 is 14.7 Å². The minimum atomic E-state index is -0.250. The van der Waals surface area contributed by atoms with Crippen molar-refractivity contribution in [3.8, 4) is 0 Å². The van der Waals surface area contributed by atoms with E-state index < -0.39 is 0 Å². The Balaban J connectivity index is 0.000000821. The summed E-state index contributed by atoms with van der Waals surface area (Å²) in [5, 5.41) is 10.0. The number of anilines is 2. The van der Waals surface area contributed by atoms with Gasteiger partial charge in [-0.1, -0.05) is 6.07 Å². The van der Waals surface area contributed by atoms with Crippen LogP contribution in [0.2, 0.25) is 0 Å². The summed E-state index contributed by atoms with van der Waals surface area (Å²) in [7, 11) is 0. The number of hydrogen-bond acceptors (Lipinski definition) is 6. The Morgan fingerprint density at radius 1 is 1.09 bits per heavy atom. The molecule has 5 rings (SSSR count). The number of hydrogen-bond donors (Lipinski definition) is 2. The molecule has 0 unspecified atom stereocenters. The number of aryl methyl sites for hydroxylation is 4. The molecule has 0 aliphatic carbocycles. The van der Waals surface area contributed by atoms with Crippen molar-refractivity contribution in [3.05, 3.63) is 41.5 Å². The minimum Gasteiger partial charge on any atom is -0.483 e. The number of fused-ring (bicyclic) bond motifs is 3. The fraction of sp³-hybridized carbons (Fsp3) is 0.458. The molecule has 0 spiro atoms. The van der Waals surface area contributed by atoms with Gasteiger partial charge in [-0.3, -0.25) is 9.59 Å². The number of benzene rings is 1. The molecule has 2 N–H and O–H groups in total. The van der Waals surface area contributed by atoms with E-state index in [1.54, 1.807) is 6.33 Å². The van der Waals surface area contributed by atoms with E-state index in [9.17, 15) is 4.79 Å². The molecule has 0 radical (unpaired) electrons. The van der Waals surface area contributed by atoms with Gasteiger partial charge in [0.2, 0.25) is 5.91 Å². The minimum absolute atomic E-state index is 0.0228. The molecule has 1 fully saturated rings. The lowest BCUT2D eigenvalue weighted by Crippen LogP contribution is -2.38. The Labute approximate surface area is 192 Å². The van der Waals surface area contributed by atoms with E-state index in [0.29, 0.717) is 0 Å². The van der Waals surface area contributed by atoms with E-state index in [1.165, 1.54) is 12.8 Å². The van der Waals surface area contributed by atoms with Gasteiger partial charge in [-0.2, -0.15) is 0 Å². The van der Waals surface area contributed by atoms with Crippen molar-refractivity contribution in [2.45, 2.75) is 52.5 Å². The molecule has 2 aliphatic rings. The monoisotopic (exact) mass is 450 g/mol. The lowest BCUT2D eigenvalue weighted by Gasteiger charge is -2.32. The smallest absolute Gasteiger partial charge is 0.290 e. The Bertz CT molecular complexity index is 1130. The van der Waals surface area contributed by atoms with Crippen LogP contribution in [0.15, 0.2) is 24.5 Å². The highest BCUT2D eigenvalue weighted by molar-refractivity contribution is 5.93. The van der Waals surface area contributed by atoms with Crippen molar-refractivity contribution in [2.24, 2.45) is 5.92 Å². The Morgan fingerprint density at radius 2 is 1.79 bits per heavy atom. The van der Waals surface area contributed by atoms with Gasteiger partial charge in [0.15, 0.2) is 17.0 Å². The van der Waals surface area contributed by atoms with Crippen LogP contribution in [0, 0.1) is 19.8 Å². The average molecular weight is 451 g/mol. The van der Waals surface area contributed by atoms with Crippen molar-refractivity contribution in [1.29, 1.82) is 0 Å². The highest BCUT2D eigenvalue weighted by atomic mass is 16.3. The molecule has 0 saturated carbocycles. The fourth-order valence-electron chi connectivity index (χ4n) is 4.82. The first kappa shape index (κ1) is 22.7. The summed E-state index contributed by atoms with van der Waals surface area (Å²) in [5.41, 5.74) is 5.07. The second kappa shape index (κ2) is 9.97. The largest absolute Gasteiger partial charge is 0.483 e. The number of amides is 1. The van der Waals surface area contributed by atoms with Gasteiger partial charge in [-0.05, 0) is 62.8 Å². The number of nitrogens with zero attached hydrogens (tertiary/aromatic N) is 5. The van der Waals surface area contributed by atoms with Crippen LogP contribution in [0.5, 0.6) is 0 Å². The summed E-state index contributed by atoms with van der Waals surface area (Å²) < 4.78 is 2.24. The van der Waals surface area contributed by atoms with E-state index >= 15 is 0 Å². The van der Waals surface area contributed by atoms with Crippen LogP contribution < -0.4 is 10.2 Å². The van der Waals surface area contributed by atoms with E-state index in [4.69, 9.17) is 14.9 Å². The zero-order valence-corrected chi connectivity index (χ0v) is 19.1. The molecule has 9 heteroatoms. The Hall–Kier alpha value is -3.49. The first-order chi connectivity index (χ1) is 16.0. The first-order valence-corrected chi connectivity index (χ1v) is 11.4. The highest BCUT2D eigenvalue weighted by Gasteiger charge is 2.28. The van der Waals surface area contributed by atoms with E-state index in [0.717, 1.165) is 78.5 Å². The molecule has 0 atom stereocenters. The van der Waals surface area contributed by atoms with E-state index in [-0.39, 0.29) is 18.3 Å². The summed E-state index contributed by atoms with van der Waals surface area (Å²) in [4.78, 5) is 37.4. The maximum absolute atomic E-state index is 12.8. The molecule has 2 aromatic heterocycles. The van der Waals surface area contributed by atoms with Gasteiger partial charge < -0.3 is 19.9 Å². The molecule has 0 bridgehead atoms. The maximum Gasteiger partial charge on any atom is 0.290 e. The third-order valence-corrected chi connectivity index (χ3v) is 6.28. The lowest BCUT2D eigenvalue weighted by molar-refractivity contribution is -0.123. The first-order valence-electron chi connectivity index (χ1n) is 11.4. The molecule has 9 nitrogen and oxygen atoms in total. The predicted octanol–water partition coefficient (Wildman–Crippen LogP) is 3.34. The summed E-state index contributed by atoms with van der Waals surface area (Å²) in [6.45, 7) is 6.45. The quantitative estimate of drug-likeness (QED) is 0.589. The number of carbonyl (C=O) groups excluding carboxylic acids is 1. The molecular weight excluding hydrogens is 420 g/mol. The van der Waals surface area contributed by atoms with Crippen LogP contribution in [0.4, 0.5) is 11.5 Å². The standard InChI is InChI=1S/C23H28N6O.CH2O2/c1-15-11-16(2)13-18(12-15)26-23(30)17-6-9-28(10-7-17)21-20-22(25-14-24-21)29-8-4-3-5-19(29)27-20;2-1-3/h11-14,17H,3-10H2,1-2H3,(H,26,30);1H,(H,2,3). The van der Waals surface area contributed by atoms with Crippen LogP contribution in [-0.4, -0.2) is 50.1 Å². The number of carboxylic acid groups (broad SMARTS) is 1. The molecule has 33 heavy (non-hydrogen) atoms. The van der Waals surface area contributed by atoms with Crippen molar-refractivity contribution in [3.63, 3.8) is 0 Å². The molecule has 3 aromatic rings. The van der Waals surface area contributed by atoms with Gasteiger partial charge in [-0.15, -0.1) is 0 Å². The van der Waals surface area contributed by atoms with Gasteiger partial charge in [0.05, 0.1) is 0 Å². The van der Waals surface area contributed by atoms with Gasteiger partial charge in [0.1, 0.15) is 12.2 Å². The lowest BCUT2D eigenvalue weighted by atomic mass is 9.95. The predicted molar refractivity (Wildman–Crippen MR) is 126 cm³/mol. The molecule has 1 aromatic carbocycles. The van der Waals surface area contributed by atoms with Gasteiger partial charge in [0, 0.05) is 37.7 Å².